The first kappa shape index (κ1) is 46.5. The lowest BCUT2D eigenvalue weighted by Gasteiger charge is -2.09. The van der Waals surface area contributed by atoms with Crippen molar-refractivity contribution in [1.82, 2.24) is 0 Å². The van der Waals surface area contributed by atoms with Crippen LogP contribution >= 0.6 is 0 Å². The lowest BCUT2D eigenvalue weighted by atomic mass is 10.1. The van der Waals surface area contributed by atoms with E-state index in [0.717, 1.165) is 13.0 Å². The van der Waals surface area contributed by atoms with Crippen LogP contribution in [0.4, 0.5) is 0 Å². The predicted octanol–water partition coefficient (Wildman–Crippen LogP) is 3.58. The summed E-state index contributed by atoms with van der Waals surface area (Å²) in [4.78, 5) is 0. The molecule has 13 heteroatoms. The molecule has 0 bridgehead atoms. The van der Waals surface area contributed by atoms with E-state index in [0.29, 0.717) is 165 Å². The molecule has 0 aromatic heterocycles. The van der Waals surface area contributed by atoms with Gasteiger partial charge in [0.1, 0.15) is 0 Å². The third kappa shape index (κ3) is 45.5. The molecule has 0 aromatic carbocycles. The molecule has 0 rings (SSSR count). The van der Waals surface area contributed by atoms with Crippen molar-refractivity contribution in [3.63, 3.8) is 0 Å². The summed E-state index contributed by atoms with van der Waals surface area (Å²) < 4.78 is 71.0. The van der Waals surface area contributed by atoms with E-state index >= 15 is 0 Å². The summed E-state index contributed by atoms with van der Waals surface area (Å²) in [5.74, 6) is 0. The zero-order valence-electron chi connectivity index (χ0n) is 29.9. The molecule has 13 nitrogen and oxygen atoms in total. The maximum absolute atomic E-state index is 5.59. The highest BCUT2D eigenvalue weighted by Crippen LogP contribution is 2.04. The second-order valence-corrected chi connectivity index (χ2v) is 10.3. The molecule has 0 unspecified atom stereocenters. The fourth-order valence-corrected chi connectivity index (χ4v) is 3.77. The maximum atomic E-state index is 5.59. The minimum atomic E-state index is 0.517. The van der Waals surface area contributed by atoms with Crippen LogP contribution in [0.2, 0.25) is 0 Å². The fraction of sp³-hybridized carbons (Fsp3) is 1.00. The Morgan fingerprint density at radius 2 is 0.383 bits per heavy atom. The summed E-state index contributed by atoms with van der Waals surface area (Å²) in [6, 6.07) is 0. The van der Waals surface area contributed by atoms with E-state index in [1.807, 2.05) is 6.92 Å². The van der Waals surface area contributed by atoms with Crippen LogP contribution in [0.25, 0.3) is 0 Å². The van der Waals surface area contributed by atoms with Crippen LogP contribution in [0.3, 0.4) is 0 Å². The first-order valence-corrected chi connectivity index (χ1v) is 17.9. The van der Waals surface area contributed by atoms with Gasteiger partial charge in [-0.1, -0.05) is 39.0 Å². The van der Waals surface area contributed by atoms with E-state index in [9.17, 15) is 0 Å². The largest absolute Gasteiger partial charge is 0.379 e. The molecule has 0 saturated carbocycles. The zero-order chi connectivity index (χ0) is 33.8. The number of hydrogen-bond donors (Lipinski definition) is 0. The van der Waals surface area contributed by atoms with Crippen LogP contribution in [0.5, 0.6) is 0 Å². The first-order chi connectivity index (χ1) is 23.4. The maximum Gasteiger partial charge on any atom is 0.0701 e. The summed E-state index contributed by atoms with van der Waals surface area (Å²) in [5.41, 5.74) is 0. The van der Waals surface area contributed by atoms with Gasteiger partial charge in [0.25, 0.3) is 0 Å². The van der Waals surface area contributed by atoms with E-state index in [1.54, 1.807) is 0 Å². The number of hydrogen-bond acceptors (Lipinski definition) is 13. The van der Waals surface area contributed by atoms with Gasteiger partial charge in [-0.05, 0) is 13.3 Å². The van der Waals surface area contributed by atoms with Crippen molar-refractivity contribution in [2.24, 2.45) is 0 Å². The average molecular weight is 687 g/mol. The Hall–Kier alpha value is -0.520. The standard InChI is InChI=1S/C34H70O13/c1-3-5-6-7-8-9-10-36-13-14-38-17-18-40-21-22-42-25-26-44-29-30-46-33-34-47-32-31-45-28-27-43-24-23-41-20-19-39-16-15-37-12-11-35-4-2/h3-34H2,1-2H3. The van der Waals surface area contributed by atoms with Crippen molar-refractivity contribution in [2.45, 2.75) is 52.4 Å². The summed E-state index contributed by atoms with van der Waals surface area (Å²) >= 11 is 0. The number of rotatable bonds is 44. The van der Waals surface area contributed by atoms with E-state index in [1.165, 1.54) is 32.1 Å². The van der Waals surface area contributed by atoms with E-state index in [-0.39, 0.29) is 0 Å². The molecule has 0 saturated heterocycles. The van der Waals surface area contributed by atoms with Gasteiger partial charge < -0.3 is 61.6 Å². The van der Waals surface area contributed by atoms with Crippen molar-refractivity contribution in [3.8, 4) is 0 Å². The van der Waals surface area contributed by atoms with Gasteiger partial charge in [0.2, 0.25) is 0 Å². The molecule has 0 aromatic rings. The van der Waals surface area contributed by atoms with Crippen molar-refractivity contribution in [2.75, 3.05) is 172 Å². The van der Waals surface area contributed by atoms with Crippen molar-refractivity contribution < 1.29 is 61.6 Å². The summed E-state index contributed by atoms with van der Waals surface area (Å²) in [7, 11) is 0. The van der Waals surface area contributed by atoms with Gasteiger partial charge in [-0.3, -0.25) is 0 Å². The molecule has 0 radical (unpaired) electrons. The second kappa shape index (κ2) is 45.5. The van der Waals surface area contributed by atoms with E-state index < -0.39 is 0 Å². The lowest BCUT2D eigenvalue weighted by molar-refractivity contribution is -0.0289. The first-order valence-electron chi connectivity index (χ1n) is 17.9. The van der Waals surface area contributed by atoms with Crippen LogP contribution in [-0.2, 0) is 61.6 Å². The van der Waals surface area contributed by atoms with Crippen molar-refractivity contribution >= 4 is 0 Å². The SMILES string of the molecule is CCCCCCCCOCCOCCOCCOCCOCCOCCOCCOCCOCCOCCOCCOCCOCC. The third-order valence-corrected chi connectivity index (χ3v) is 6.31. The zero-order valence-corrected chi connectivity index (χ0v) is 29.9. The molecule has 0 atom stereocenters. The quantitative estimate of drug-likeness (QED) is 0.0870. The highest BCUT2D eigenvalue weighted by Gasteiger charge is 1.97. The number of ether oxygens (including phenoxy) is 13. The predicted molar refractivity (Wildman–Crippen MR) is 180 cm³/mol. The van der Waals surface area contributed by atoms with Crippen LogP contribution in [0.1, 0.15) is 52.4 Å². The summed E-state index contributed by atoms with van der Waals surface area (Å²) in [5, 5.41) is 0. The third-order valence-electron chi connectivity index (χ3n) is 6.31. The average Bonchev–Trinajstić information content (AvgIpc) is 3.08. The highest BCUT2D eigenvalue weighted by molar-refractivity contribution is 4.44. The molecule has 0 N–H and O–H groups in total. The van der Waals surface area contributed by atoms with Crippen molar-refractivity contribution in [1.29, 1.82) is 0 Å². The molecule has 0 aliphatic rings. The Balaban J connectivity index is 3.03. The topological polar surface area (TPSA) is 120 Å². The molecular weight excluding hydrogens is 616 g/mol. The smallest absolute Gasteiger partial charge is 0.0701 e. The second-order valence-electron chi connectivity index (χ2n) is 10.3. The van der Waals surface area contributed by atoms with Crippen LogP contribution < -0.4 is 0 Å². The molecule has 0 spiro atoms. The van der Waals surface area contributed by atoms with Gasteiger partial charge in [-0.15, -0.1) is 0 Å². The Bertz CT molecular complexity index is 490. The molecule has 284 valence electrons. The van der Waals surface area contributed by atoms with Gasteiger partial charge in [-0.25, -0.2) is 0 Å². The van der Waals surface area contributed by atoms with E-state index in [4.69, 9.17) is 61.6 Å². The Labute approximate surface area is 285 Å². The van der Waals surface area contributed by atoms with Crippen molar-refractivity contribution in [3.05, 3.63) is 0 Å². The molecular formula is C34H70O13. The Morgan fingerprint density at radius 1 is 0.191 bits per heavy atom. The fourth-order valence-electron chi connectivity index (χ4n) is 3.77. The minimum Gasteiger partial charge on any atom is -0.379 e. The summed E-state index contributed by atoms with van der Waals surface area (Å²) in [6.07, 6.45) is 7.68. The molecule has 47 heavy (non-hydrogen) atoms. The summed E-state index contributed by atoms with van der Waals surface area (Å²) in [6.45, 7) is 18.9. The minimum absolute atomic E-state index is 0.517. The van der Waals surface area contributed by atoms with Gasteiger partial charge in [0.05, 0.1) is 159 Å². The van der Waals surface area contributed by atoms with Crippen LogP contribution in [-0.4, -0.2) is 172 Å². The number of unbranched alkanes of at least 4 members (excludes halogenated alkanes) is 5. The Morgan fingerprint density at radius 3 is 0.617 bits per heavy atom. The van der Waals surface area contributed by atoms with Gasteiger partial charge in [-0.2, -0.15) is 0 Å². The van der Waals surface area contributed by atoms with Crippen LogP contribution in [0, 0.1) is 0 Å². The van der Waals surface area contributed by atoms with E-state index in [2.05, 4.69) is 6.92 Å². The molecule has 0 aliphatic carbocycles. The monoisotopic (exact) mass is 686 g/mol. The lowest BCUT2D eigenvalue weighted by Crippen LogP contribution is -2.15. The Kier molecular flexibility index (Phi) is 45.0. The molecule has 0 amide bonds. The molecule has 0 heterocycles. The van der Waals surface area contributed by atoms with Crippen LogP contribution in [0.15, 0.2) is 0 Å². The van der Waals surface area contributed by atoms with Gasteiger partial charge >= 0.3 is 0 Å². The molecule has 0 fully saturated rings. The normalized spacial score (nSPS) is 11.6. The van der Waals surface area contributed by atoms with Gasteiger partial charge in [0.15, 0.2) is 0 Å². The van der Waals surface area contributed by atoms with Gasteiger partial charge in [0, 0.05) is 13.2 Å². The highest BCUT2D eigenvalue weighted by atomic mass is 16.6. The molecule has 0 aliphatic heterocycles.